The van der Waals surface area contributed by atoms with Crippen molar-refractivity contribution >= 4 is 0 Å². The summed E-state index contributed by atoms with van der Waals surface area (Å²) in [5.41, 5.74) is 1.14. The van der Waals surface area contributed by atoms with E-state index in [1.54, 1.807) is 6.07 Å². The number of hydrogen-bond acceptors (Lipinski definition) is 2. The summed E-state index contributed by atoms with van der Waals surface area (Å²) in [5, 5.41) is 10.5. The van der Waals surface area contributed by atoms with Crippen LogP contribution in [0.2, 0.25) is 0 Å². The number of halogens is 2. The summed E-state index contributed by atoms with van der Waals surface area (Å²) in [6.07, 6.45) is 7.82. The fourth-order valence-electron chi connectivity index (χ4n) is 5.69. The van der Waals surface area contributed by atoms with Crippen LogP contribution in [0.25, 0.3) is 0 Å². The lowest BCUT2D eigenvalue weighted by atomic mass is 9.63. The van der Waals surface area contributed by atoms with Crippen LogP contribution >= 0.6 is 0 Å². The lowest BCUT2D eigenvalue weighted by Crippen LogP contribution is -2.42. The molecule has 0 aromatic heterocycles. The summed E-state index contributed by atoms with van der Waals surface area (Å²) in [5.74, 6) is -1.53. The largest absolute Gasteiger partial charge is 0.294 e. The van der Waals surface area contributed by atoms with Gasteiger partial charge in [-0.25, -0.2) is 8.78 Å². The van der Waals surface area contributed by atoms with Crippen LogP contribution in [0.4, 0.5) is 8.78 Å². The predicted octanol–water partition coefficient (Wildman–Crippen LogP) is 7.78. The molecule has 2 aromatic rings. The Morgan fingerprint density at radius 3 is 2.30 bits per heavy atom. The zero-order valence-corrected chi connectivity index (χ0v) is 20.4. The topological polar surface area (TPSA) is 27.0 Å². The Balaban J connectivity index is 1.89. The van der Waals surface area contributed by atoms with Gasteiger partial charge in [-0.2, -0.15) is 5.26 Å². The van der Waals surface area contributed by atoms with E-state index in [1.807, 2.05) is 6.07 Å². The van der Waals surface area contributed by atoms with Gasteiger partial charge < -0.3 is 0 Å². The van der Waals surface area contributed by atoms with Gasteiger partial charge in [0.2, 0.25) is 0 Å². The fourth-order valence-corrected chi connectivity index (χ4v) is 5.69. The van der Waals surface area contributed by atoms with E-state index in [4.69, 9.17) is 0 Å². The maximum absolute atomic E-state index is 14.3. The molecule has 2 nitrogen and oxygen atoms in total. The minimum Gasteiger partial charge on any atom is -0.294 e. The van der Waals surface area contributed by atoms with E-state index in [2.05, 4.69) is 56.0 Å². The first-order valence-electron chi connectivity index (χ1n) is 12.6. The monoisotopic (exact) mass is 452 g/mol. The molecule has 4 heteroatoms. The van der Waals surface area contributed by atoms with Crippen molar-refractivity contribution in [1.29, 1.82) is 5.26 Å². The Bertz CT molecular complexity index is 915. The van der Waals surface area contributed by atoms with Gasteiger partial charge in [0.05, 0.1) is 11.5 Å². The van der Waals surface area contributed by atoms with E-state index in [-0.39, 0.29) is 5.92 Å². The number of nitrogens with zero attached hydrogens (tertiary/aromatic N) is 2. The highest BCUT2D eigenvalue weighted by Crippen LogP contribution is 2.45. The fraction of sp³-hybridized carbons (Fsp3) is 0.552. The number of nitriles is 1. The van der Waals surface area contributed by atoms with Crippen molar-refractivity contribution in [3.63, 3.8) is 0 Å². The first-order valence-corrected chi connectivity index (χ1v) is 12.6. The second kappa shape index (κ2) is 11.7. The molecule has 33 heavy (non-hydrogen) atoms. The zero-order chi connectivity index (χ0) is 23.8. The molecule has 1 aliphatic carbocycles. The summed E-state index contributed by atoms with van der Waals surface area (Å²) in [4.78, 5) is 2.52. The Morgan fingerprint density at radius 1 is 1.03 bits per heavy atom. The maximum Gasteiger partial charge on any atom is 0.159 e. The molecule has 0 N–H and O–H groups in total. The van der Waals surface area contributed by atoms with Crippen molar-refractivity contribution in [2.24, 2.45) is 5.92 Å². The Kier molecular flexibility index (Phi) is 9.03. The van der Waals surface area contributed by atoms with E-state index in [0.29, 0.717) is 24.1 Å². The summed E-state index contributed by atoms with van der Waals surface area (Å²) in [7, 11) is 0. The lowest BCUT2D eigenvalue weighted by Gasteiger charge is -2.41. The van der Waals surface area contributed by atoms with Gasteiger partial charge in [-0.15, -0.1) is 0 Å². The average Bonchev–Trinajstić information content (AvgIpc) is 2.84. The predicted molar refractivity (Wildman–Crippen MR) is 131 cm³/mol. The van der Waals surface area contributed by atoms with E-state index in [0.717, 1.165) is 45.1 Å². The molecule has 0 aliphatic heterocycles. The molecule has 0 amide bonds. The molecular formula is C29H38F2N2. The number of benzene rings is 2. The first-order chi connectivity index (χ1) is 15.9. The molecule has 1 aliphatic rings. The quantitative estimate of drug-likeness (QED) is 0.368. The van der Waals surface area contributed by atoms with Gasteiger partial charge >= 0.3 is 0 Å². The molecule has 178 valence electrons. The average molecular weight is 453 g/mol. The van der Waals surface area contributed by atoms with Gasteiger partial charge in [0.15, 0.2) is 11.6 Å². The highest BCUT2D eigenvalue weighted by Gasteiger charge is 2.42. The van der Waals surface area contributed by atoms with Crippen LogP contribution in [0, 0.1) is 28.9 Å². The second-order valence-electron chi connectivity index (χ2n) is 9.90. The molecule has 2 unspecified atom stereocenters. The second-order valence-corrected chi connectivity index (χ2v) is 9.90. The third-order valence-corrected chi connectivity index (χ3v) is 7.62. The number of rotatable bonds is 10. The highest BCUT2D eigenvalue weighted by molar-refractivity contribution is 5.35. The normalized spacial score (nSPS) is 17.6. The van der Waals surface area contributed by atoms with Crippen molar-refractivity contribution in [1.82, 2.24) is 4.90 Å². The van der Waals surface area contributed by atoms with E-state index in [1.165, 1.54) is 24.1 Å². The van der Waals surface area contributed by atoms with Gasteiger partial charge in [-0.05, 0) is 75.1 Å². The van der Waals surface area contributed by atoms with E-state index in [9.17, 15) is 14.0 Å². The molecule has 3 rings (SSSR count). The van der Waals surface area contributed by atoms with Crippen LogP contribution in [0.3, 0.4) is 0 Å². The van der Waals surface area contributed by atoms with Crippen molar-refractivity contribution in [2.45, 2.75) is 96.2 Å². The molecule has 0 radical (unpaired) electrons. The Hall–Kier alpha value is -2.25. The van der Waals surface area contributed by atoms with Crippen molar-refractivity contribution in [2.75, 3.05) is 0 Å². The van der Waals surface area contributed by atoms with Gasteiger partial charge in [-0.1, -0.05) is 62.6 Å². The molecule has 0 bridgehead atoms. The minimum absolute atomic E-state index is 0.181. The van der Waals surface area contributed by atoms with Crippen LogP contribution in [0.5, 0.6) is 0 Å². The first kappa shape index (κ1) is 25.4. The summed E-state index contributed by atoms with van der Waals surface area (Å²) in [6, 6.07) is 17.9. The van der Waals surface area contributed by atoms with Gasteiger partial charge in [0.1, 0.15) is 0 Å². The molecule has 2 atom stereocenters. The molecular weight excluding hydrogens is 414 g/mol. The molecule has 1 saturated carbocycles. The van der Waals surface area contributed by atoms with Crippen molar-refractivity contribution < 1.29 is 8.78 Å². The van der Waals surface area contributed by atoms with Crippen molar-refractivity contribution in [3.05, 3.63) is 71.3 Å². The van der Waals surface area contributed by atoms with Crippen LogP contribution in [0.1, 0.15) is 83.3 Å². The summed E-state index contributed by atoms with van der Waals surface area (Å²) in [6.45, 7) is 7.52. The Morgan fingerprint density at radius 2 is 1.73 bits per heavy atom. The van der Waals surface area contributed by atoms with Crippen LogP contribution in [-0.4, -0.2) is 17.0 Å². The molecule has 1 fully saturated rings. The maximum atomic E-state index is 14.3. The molecule has 0 saturated heterocycles. The smallest absolute Gasteiger partial charge is 0.159 e. The van der Waals surface area contributed by atoms with E-state index < -0.39 is 17.0 Å². The minimum atomic E-state index is -0.858. The molecule has 2 aromatic carbocycles. The number of hydrogen-bond donors (Lipinski definition) is 0. The van der Waals surface area contributed by atoms with Crippen LogP contribution in [0.15, 0.2) is 48.5 Å². The van der Waals surface area contributed by atoms with Gasteiger partial charge in [0.25, 0.3) is 0 Å². The zero-order valence-electron chi connectivity index (χ0n) is 20.4. The standard InChI is InChI=1S/C29H38F2N2/c1-4-26(33(22(2)3)20-23-11-7-5-8-12-23)17-18-29(21-32,24-13-9-6-10-14-24)25-15-16-27(30)28(31)19-25/h5,7-8,11-12,15-16,19,22,24,26H,4,6,9-10,13-14,17-18,20H2,1-3H3. The lowest BCUT2D eigenvalue weighted by molar-refractivity contribution is 0.118. The van der Waals surface area contributed by atoms with E-state index >= 15 is 0 Å². The van der Waals surface area contributed by atoms with Crippen molar-refractivity contribution in [3.8, 4) is 6.07 Å². The van der Waals surface area contributed by atoms with Gasteiger partial charge in [0, 0.05) is 18.6 Å². The third kappa shape index (κ3) is 6.01. The Labute approximate surface area is 198 Å². The summed E-state index contributed by atoms with van der Waals surface area (Å²) < 4.78 is 28.0. The highest BCUT2D eigenvalue weighted by atomic mass is 19.2. The third-order valence-electron chi connectivity index (χ3n) is 7.62. The SMILES string of the molecule is CCC(CCC(C#N)(c1ccc(F)c(F)c1)C1CCCCC1)N(Cc1ccccc1)C(C)C. The van der Waals surface area contributed by atoms with Crippen LogP contribution in [-0.2, 0) is 12.0 Å². The summed E-state index contributed by atoms with van der Waals surface area (Å²) >= 11 is 0. The molecule has 0 spiro atoms. The van der Waals surface area contributed by atoms with Crippen LogP contribution < -0.4 is 0 Å². The molecule has 0 heterocycles. The van der Waals surface area contributed by atoms with Gasteiger partial charge in [-0.3, -0.25) is 4.90 Å².